The smallest absolute Gasteiger partial charge is 0.113 e. The normalized spacial score (nSPS) is 15.3. The van der Waals surface area contributed by atoms with Crippen LogP contribution in [0.15, 0.2) is 36.6 Å². The van der Waals surface area contributed by atoms with Crippen molar-refractivity contribution in [2.45, 2.75) is 26.8 Å². The summed E-state index contributed by atoms with van der Waals surface area (Å²) in [5.41, 5.74) is 2.08. The van der Waals surface area contributed by atoms with Gasteiger partial charge < -0.3 is 0 Å². The maximum absolute atomic E-state index is 4.19. The highest BCUT2D eigenvalue weighted by atomic mass is 15.4. The van der Waals surface area contributed by atoms with E-state index in [9.17, 15) is 0 Å². The lowest BCUT2D eigenvalue weighted by molar-refractivity contribution is 0.472. The zero-order valence-corrected chi connectivity index (χ0v) is 9.80. The van der Waals surface area contributed by atoms with Gasteiger partial charge in [-0.2, -0.15) is 0 Å². The quantitative estimate of drug-likeness (QED) is 0.776. The summed E-state index contributed by atoms with van der Waals surface area (Å²) in [6.07, 6.45) is 13.5. The first-order valence-corrected chi connectivity index (χ1v) is 5.69. The fourth-order valence-electron chi connectivity index (χ4n) is 1.64. The number of hydrogen-bond acceptors (Lipinski definition) is 2. The highest BCUT2D eigenvalue weighted by Gasteiger charge is 2.05. The lowest BCUT2D eigenvalue weighted by atomic mass is 10.2. The summed E-state index contributed by atoms with van der Waals surface area (Å²) in [7, 11) is 0. The van der Waals surface area contributed by atoms with E-state index in [-0.39, 0.29) is 0 Å². The monoisotopic (exact) mass is 215 g/mol. The Morgan fingerprint density at radius 3 is 3.06 bits per heavy atom. The molecule has 0 amide bonds. The first kappa shape index (κ1) is 10.9. The van der Waals surface area contributed by atoms with E-state index in [2.05, 4.69) is 54.5 Å². The number of nitrogens with zero attached hydrogens (tertiary/aromatic N) is 3. The molecule has 0 fully saturated rings. The Kier molecular flexibility index (Phi) is 3.34. The minimum atomic E-state index is 0.591. The zero-order valence-electron chi connectivity index (χ0n) is 9.80. The van der Waals surface area contributed by atoms with Crippen molar-refractivity contribution in [2.24, 2.45) is 5.92 Å². The van der Waals surface area contributed by atoms with Crippen LogP contribution in [0.3, 0.4) is 0 Å². The molecule has 16 heavy (non-hydrogen) atoms. The fourth-order valence-corrected chi connectivity index (χ4v) is 1.64. The first-order valence-electron chi connectivity index (χ1n) is 5.69. The van der Waals surface area contributed by atoms with Crippen molar-refractivity contribution < 1.29 is 0 Å². The van der Waals surface area contributed by atoms with E-state index in [0.717, 1.165) is 24.2 Å². The Balaban J connectivity index is 2.18. The van der Waals surface area contributed by atoms with Crippen molar-refractivity contribution in [3.63, 3.8) is 0 Å². The third-order valence-corrected chi connectivity index (χ3v) is 2.37. The molecule has 0 unspecified atom stereocenters. The van der Waals surface area contributed by atoms with E-state index < -0.39 is 0 Å². The van der Waals surface area contributed by atoms with E-state index in [1.807, 2.05) is 10.9 Å². The van der Waals surface area contributed by atoms with Gasteiger partial charge in [-0.1, -0.05) is 49.4 Å². The second-order valence-corrected chi connectivity index (χ2v) is 4.41. The molecule has 0 atom stereocenters. The van der Waals surface area contributed by atoms with Crippen LogP contribution in [0, 0.1) is 5.92 Å². The molecule has 1 aliphatic rings. The molecule has 0 saturated heterocycles. The number of allylic oxidation sites excluding steroid dienone is 6. The van der Waals surface area contributed by atoms with Crippen molar-refractivity contribution in [3.05, 3.63) is 42.3 Å². The predicted octanol–water partition coefficient (Wildman–Crippen LogP) is 2.83. The highest BCUT2D eigenvalue weighted by molar-refractivity contribution is 5.72. The molecule has 1 aromatic heterocycles. The summed E-state index contributed by atoms with van der Waals surface area (Å²) in [4.78, 5) is 0. The molecule has 3 heteroatoms. The molecular formula is C13H17N3. The van der Waals surface area contributed by atoms with Crippen LogP contribution < -0.4 is 0 Å². The fraction of sp³-hybridized carbons (Fsp3) is 0.385. The molecule has 0 aromatic carbocycles. The summed E-state index contributed by atoms with van der Waals surface area (Å²) in [5, 5.41) is 8.32. The molecule has 0 spiro atoms. The van der Waals surface area contributed by atoms with Crippen LogP contribution in [0.25, 0.3) is 5.57 Å². The van der Waals surface area contributed by atoms with Crippen LogP contribution in [-0.2, 0) is 6.54 Å². The van der Waals surface area contributed by atoms with E-state index in [1.165, 1.54) is 0 Å². The van der Waals surface area contributed by atoms with Gasteiger partial charge in [-0.3, -0.25) is 4.68 Å². The molecule has 1 heterocycles. The lowest BCUT2D eigenvalue weighted by Gasteiger charge is -2.01. The van der Waals surface area contributed by atoms with Gasteiger partial charge in [-0.15, -0.1) is 5.10 Å². The molecule has 1 aromatic rings. The summed E-state index contributed by atoms with van der Waals surface area (Å²) < 4.78 is 1.91. The van der Waals surface area contributed by atoms with Crippen LogP contribution in [0.5, 0.6) is 0 Å². The van der Waals surface area contributed by atoms with Crippen LogP contribution >= 0.6 is 0 Å². The van der Waals surface area contributed by atoms with E-state index in [0.29, 0.717) is 5.92 Å². The van der Waals surface area contributed by atoms with Gasteiger partial charge in [0, 0.05) is 12.1 Å². The van der Waals surface area contributed by atoms with E-state index >= 15 is 0 Å². The van der Waals surface area contributed by atoms with Crippen LogP contribution in [0.2, 0.25) is 0 Å². The van der Waals surface area contributed by atoms with Gasteiger partial charge in [0.25, 0.3) is 0 Å². The Labute approximate surface area is 96.2 Å². The largest absolute Gasteiger partial charge is 0.252 e. The second kappa shape index (κ2) is 4.92. The van der Waals surface area contributed by atoms with Gasteiger partial charge >= 0.3 is 0 Å². The molecule has 0 aliphatic heterocycles. The number of aromatic nitrogens is 3. The van der Waals surface area contributed by atoms with Crippen molar-refractivity contribution in [3.8, 4) is 0 Å². The Morgan fingerprint density at radius 2 is 2.25 bits per heavy atom. The molecule has 84 valence electrons. The van der Waals surface area contributed by atoms with Gasteiger partial charge in [0.2, 0.25) is 0 Å². The van der Waals surface area contributed by atoms with Crippen LogP contribution in [0.4, 0.5) is 0 Å². The molecule has 3 nitrogen and oxygen atoms in total. The zero-order chi connectivity index (χ0) is 11.4. The van der Waals surface area contributed by atoms with Crippen molar-refractivity contribution in [1.29, 1.82) is 0 Å². The first-order chi connectivity index (χ1) is 7.75. The summed E-state index contributed by atoms with van der Waals surface area (Å²) >= 11 is 0. The second-order valence-electron chi connectivity index (χ2n) is 4.41. The average molecular weight is 215 g/mol. The molecule has 0 bridgehead atoms. The van der Waals surface area contributed by atoms with Crippen molar-refractivity contribution in [1.82, 2.24) is 15.0 Å². The Morgan fingerprint density at radius 1 is 1.38 bits per heavy atom. The summed E-state index contributed by atoms with van der Waals surface area (Å²) in [5.74, 6) is 0.591. The number of hydrogen-bond donors (Lipinski definition) is 0. The van der Waals surface area contributed by atoms with Gasteiger partial charge in [-0.05, 0) is 12.3 Å². The van der Waals surface area contributed by atoms with Crippen LogP contribution in [-0.4, -0.2) is 15.0 Å². The van der Waals surface area contributed by atoms with Crippen molar-refractivity contribution >= 4 is 5.57 Å². The third-order valence-electron chi connectivity index (χ3n) is 2.37. The summed E-state index contributed by atoms with van der Waals surface area (Å²) in [6, 6.07) is 0. The van der Waals surface area contributed by atoms with Gasteiger partial charge in [0.05, 0.1) is 6.20 Å². The molecule has 0 saturated carbocycles. The molecule has 2 rings (SSSR count). The van der Waals surface area contributed by atoms with Gasteiger partial charge in [-0.25, -0.2) is 0 Å². The van der Waals surface area contributed by atoms with Crippen molar-refractivity contribution in [2.75, 3.05) is 0 Å². The standard InChI is InChI=1S/C13H17N3/c1-11(2)9-16-10-13(14-15-16)12-7-5-3-4-6-8-12/h3,5-8,10-11H,4,9H2,1-2H3. The van der Waals surface area contributed by atoms with Gasteiger partial charge in [0.1, 0.15) is 5.69 Å². The third kappa shape index (κ3) is 2.69. The SMILES string of the molecule is CC(C)Cn1cc(C2=CC=CCC=C2)nn1. The molecule has 1 aliphatic carbocycles. The topological polar surface area (TPSA) is 30.7 Å². The van der Waals surface area contributed by atoms with E-state index in [4.69, 9.17) is 0 Å². The molecule has 0 N–H and O–H groups in total. The molecular weight excluding hydrogens is 198 g/mol. The highest BCUT2D eigenvalue weighted by Crippen LogP contribution is 2.15. The maximum atomic E-state index is 4.19. The Hall–Kier alpha value is -1.64. The predicted molar refractivity (Wildman–Crippen MR) is 65.7 cm³/mol. The number of rotatable bonds is 3. The molecule has 0 radical (unpaired) electrons. The summed E-state index contributed by atoms with van der Waals surface area (Å²) in [6.45, 7) is 5.27. The lowest BCUT2D eigenvalue weighted by Crippen LogP contribution is -2.04. The van der Waals surface area contributed by atoms with Gasteiger partial charge in [0.15, 0.2) is 0 Å². The average Bonchev–Trinajstić information content (AvgIpc) is 2.53. The minimum absolute atomic E-state index is 0.591. The van der Waals surface area contributed by atoms with E-state index in [1.54, 1.807) is 0 Å². The minimum Gasteiger partial charge on any atom is -0.252 e. The maximum Gasteiger partial charge on any atom is 0.113 e. The van der Waals surface area contributed by atoms with Crippen LogP contribution in [0.1, 0.15) is 26.0 Å². The Bertz CT molecular complexity index is 436.